The van der Waals surface area contributed by atoms with Crippen LogP contribution in [0.25, 0.3) is 0 Å². The van der Waals surface area contributed by atoms with Gasteiger partial charge in [-0.15, -0.1) is 12.4 Å². The van der Waals surface area contributed by atoms with Crippen molar-refractivity contribution in [2.45, 2.75) is 44.3 Å². The number of likely N-dealkylation sites (N-methyl/N-ethyl adjacent to an activating group) is 1. The van der Waals surface area contributed by atoms with Crippen molar-refractivity contribution in [3.05, 3.63) is 12.5 Å². The van der Waals surface area contributed by atoms with Gasteiger partial charge in [-0.3, -0.25) is 0 Å². The van der Waals surface area contributed by atoms with Crippen LogP contribution in [0.1, 0.15) is 26.7 Å². The minimum absolute atomic E-state index is 0. The van der Waals surface area contributed by atoms with E-state index >= 15 is 0 Å². The normalized spacial score (nSPS) is 20.5. The second-order valence-electron chi connectivity index (χ2n) is 5.79. The Kier molecular flexibility index (Phi) is 6.65. The van der Waals surface area contributed by atoms with Gasteiger partial charge in [-0.05, 0) is 25.8 Å². The Hall–Kier alpha value is -0.630. The number of nitrogens with one attached hydrogen (secondary N) is 1. The van der Waals surface area contributed by atoms with Gasteiger partial charge in [0.1, 0.15) is 0 Å². The van der Waals surface area contributed by atoms with Gasteiger partial charge in [-0.25, -0.2) is 13.4 Å². The van der Waals surface area contributed by atoms with Gasteiger partial charge in [0.2, 0.25) is 0 Å². The average molecular weight is 337 g/mol. The Bertz CT molecular complexity index is 544. The molecule has 0 spiro atoms. The summed E-state index contributed by atoms with van der Waals surface area (Å²) in [6.45, 7) is 6.07. The molecule has 1 aliphatic rings. The highest BCUT2D eigenvalue weighted by atomic mass is 35.5. The summed E-state index contributed by atoms with van der Waals surface area (Å²) in [6.07, 6.45) is 5.15. The molecule has 1 unspecified atom stereocenters. The zero-order chi connectivity index (χ0) is 14.8. The molecule has 21 heavy (non-hydrogen) atoms. The molecule has 1 aromatic rings. The zero-order valence-electron chi connectivity index (χ0n) is 12.8. The number of halogens is 1. The Labute approximate surface area is 133 Å². The van der Waals surface area contributed by atoms with Gasteiger partial charge >= 0.3 is 0 Å². The topological polar surface area (TPSA) is 67.2 Å². The van der Waals surface area contributed by atoms with E-state index in [0.717, 1.165) is 19.4 Å². The summed E-state index contributed by atoms with van der Waals surface area (Å²) in [7, 11) is -1.59. The molecule has 122 valence electrons. The van der Waals surface area contributed by atoms with Crippen molar-refractivity contribution in [3.63, 3.8) is 0 Å². The lowest BCUT2D eigenvalue weighted by atomic mass is 10.1. The van der Waals surface area contributed by atoms with Crippen LogP contribution in [0.15, 0.2) is 17.6 Å². The molecule has 0 aromatic carbocycles. The SMILES string of the molecule is CNC1CCCN(S(=O)(=O)c2cn(CC(C)C)cn2)C1.Cl. The molecule has 1 N–H and O–H groups in total. The van der Waals surface area contributed by atoms with E-state index in [1.54, 1.807) is 16.8 Å². The molecule has 8 heteroatoms. The molecule has 0 amide bonds. The minimum Gasteiger partial charge on any atom is -0.336 e. The van der Waals surface area contributed by atoms with Crippen molar-refractivity contribution in [1.82, 2.24) is 19.2 Å². The Balaban J connectivity index is 0.00000220. The van der Waals surface area contributed by atoms with Crippen molar-refractivity contribution in [3.8, 4) is 0 Å². The van der Waals surface area contributed by atoms with Crippen molar-refractivity contribution in [1.29, 1.82) is 0 Å². The van der Waals surface area contributed by atoms with Crippen LogP contribution in [0.2, 0.25) is 0 Å². The molecule has 1 saturated heterocycles. The summed E-state index contributed by atoms with van der Waals surface area (Å²) in [5.74, 6) is 0.461. The fraction of sp³-hybridized carbons (Fsp3) is 0.769. The number of sulfonamides is 1. The molecule has 1 aliphatic heterocycles. The van der Waals surface area contributed by atoms with Crippen LogP contribution in [-0.4, -0.2) is 48.5 Å². The van der Waals surface area contributed by atoms with Gasteiger partial charge in [0, 0.05) is 31.9 Å². The molecule has 0 aliphatic carbocycles. The summed E-state index contributed by atoms with van der Waals surface area (Å²) in [5.41, 5.74) is 0. The van der Waals surface area contributed by atoms with Crippen LogP contribution in [0.5, 0.6) is 0 Å². The van der Waals surface area contributed by atoms with Crippen molar-refractivity contribution < 1.29 is 8.42 Å². The smallest absolute Gasteiger partial charge is 0.262 e. The first-order chi connectivity index (χ1) is 9.43. The quantitative estimate of drug-likeness (QED) is 0.881. The first-order valence-electron chi connectivity index (χ1n) is 7.12. The summed E-state index contributed by atoms with van der Waals surface area (Å²) in [5, 5.41) is 3.32. The summed E-state index contributed by atoms with van der Waals surface area (Å²) in [6, 6.07) is 0.233. The number of rotatable bonds is 5. The van der Waals surface area contributed by atoms with Gasteiger partial charge in [-0.2, -0.15) is 4.31 Å². The maximum atomic E-state index is 12.6. The van der Waals surface area contributed by atoms with Crippen molar-refractivity contribution >= 4 is 22.4 Å². The molecular formula is C13H25ClN4O2S. The third-order valence-corrected chi connectivity index (χ3v) is 5.33. The van der Waals surface area contributed by atoms with Crippen LogP contribution < -0.4 is 5.32 Å². The van der Waals surface area contributed by atoms with Crippen molar-refractivity contribution in [2.24, 2.45) is 5.92 Å². The minimum atomic E-state index is -3.46. The van der Waals surface area contributed by atoms with E-state index in [2.05, 4.69) is 24.1 Å². The first-order valence-corrected chi connectivity index (χ1v) is 8.56. The van der Waals surface area contributed by atoms with E-state index in [1.165, 1.54) is 0 Å². The van der Waals surface area contributed by atoms with Crippen LogP contribution in [0, 0.1) is 5.92 Å². The number of nitrogens with zero attached hydrogens (tertiary/aromatic N) is 3. The number of aromatic nitrogens is 2. The summed E-state index contributed by atoms with van der Waals surface area (Å²) in [4.78, 5) is 4.08. The largest absolute Gasteiger partial charge is 0.336 e. The standard InChI is InChI=1S/C13H24N4O2S.ClH/c1-11(2)7-16-9-13(15-10-16)20(18,19)17-6-4-5-12(8-17)14-3;/h9-12,14H,4-8H2,1-3H3;1H. The van der Waals surface area contributed by atoms with Gasteiger partial charge < -0.3 is 9.88 Å². The van der Waals surface area contributed by atoms with E-state index < -0.39 is 10.0 Å². The van der Waals surface area contributed by atoms with Gasteiger partial charge in [0.25, 0.3) is 10.0 Å². The van der Waals surface area contributed by atoms with Gasteiger partial charge in [-0.1, -0.05) is 13.8 Å². The maximum absolute atomic E-state index is 12.6. The van der Waals surface area contributed by atoms with E-state index in [1.807, 2.05) is 11.6 Å². The number of hydrogen-bond donors (Lipinski definition) is 1. The van der Waals surface area contributed by atoms with Crippen LogP contribution >= 0.6 is 12.4 Å². The first kappa shape index (κ1) is 18.4. The molecule has 2 rings (SSSR count). The molecule has 1 atom stereocenters. The van der Waals surface area contributed by atoms with Crippen LogP contribution in [-0.2, 0) is 16.6 Å². The van der Waals surface area contributed by atoms with E-state index in [-0.39, 0.29) is 23.5 Å². The maximum Gasteiger partial charge on any atom is 0.262 e. The van der Waals surface area contributed by atoms with E-state index in [9.17, 15) is 8.42 Å². The van der Waals surface area contributed by atoms with E-state index in [4.69, 9.17) is 0 Å². The fourth-order valence-corrected chi connectivity index (χ4v) is 3.98. The lowest BCUT2D eigenvalue weighted by molar-refractivity contribution is 0.292. The molecule has 2 heterocycles. The summed E-state index contributed by atoms with van der Waals surface area (Å²) >= 11 is 0. The second kappa shape index (κ2) is 7.58. The third-order valence-electron chi connectivity index (χ3n) is 3.58. The van der Waals surface area contributed by atoms with Crippen LogP contribution in [0.4, 0.5) is 0 Å². The second-order valence-corrected chi connectivity index (χ2v) is 7.68. The van der Waals surface area contributed by atoms with E-state index in [0.29, 0.717) is 19.0 Å². The average Bonchev–Trinajstić information content (AvgIpc) is 2.87. The highest BCUT2D eigenvalue weighted by Gasteiger charge is 2.31. The van der Waals surface area contributed by atoms with Crippen molar-refractivity contribution in [2.75, 3.05) is 20.1 Å². The number of imidazole rings is 1. The Morgan fingerprint density at radius 3 is 2.81 bits per heavy atom. The molecule has 1 aromatic heterocycles. The summed E-state index contributed by atoms with van der Waals surface area (Å²) < 4.78 is 28.5. The molecule has 1 fully saturated rings. The molecular weight excluding hydrogens is 312 g/mol. The molecule has 6 nitrogen and oxygen atoms in total. The fourth-order valence-electron chi connectivity index (χ4n) is 2.52. The number of hydrogen-bond acceptors (Lipinski definition) is 4. The monoisotopic (exact) mass is 336 g/mol. The Morgan fingerprint density at radius 2 is 2.19 bits per heavy atom. The lowest BCUT2D eigenvalue weighted by Gasteiger charge is -2.31. The lowest BCUT2D eigenvalue weighted by Crippen LogP contribution is -2.46. The molecule has 0 radical (unpaired) electrons. The molecule has 0 saturated carbocycles. The zero-order valence-corrected chi connectivity index (χ0v) is 14.5. The highest BCUT2D eigenvalue weighted by molar-refractivity contribution is 7.89. The predicted octanol–water partition coefficient (Wildman–Crippen LogP) is 1.33. The highest BCUT2D eigenvalue weighted by Crippen LogP contribution is 2.19. The third kappa shape index (κ3) is 4.42. The molecule has 0 bridgehead atoms. The Morgan fingerprint density at radius 1 is 1.48 bits per heavy atom. The van der Waals surface area contributed by atoms with Gasteiger partial charge in [0.15, 0.2) is 5.03 Å². The van der Waals surface area contributed by atoms with Gasteiger partial charge in [0.05, 0.1) is 6.33 Å². The number of piperidine rings is 1. The predicted molar refractivity (Wildman–Crippen MR) is 85.2 cm³/mol. The van der Waals surface area contributed by atoms with Crippen LogP contribution in [0.3, 0.4) is 0 Å².